The molecule has 0 bridgehead atoms. The van der Waals surface area contributed by atoms with E-state index in [-0.39, 0.29) is 11.3 Å². The molecule has 0 aliphatic heterocycles. The largest absolute Gasteiger partial charge is 0.398 e. The van der Waals surface area contributed by atoms with Crippen molar-refractivity contribution in [3.05, 3.63) is 29.3 Å². The number of carbonyl (C=O) groups is 1. The van der Waals surface area contributed by atoms with Crippen LogP contribution in [0.4, 0.5) is 14.5 Å². The lowest BCUT2D eigenvalue weighted by molar-refractivity contribution is 0.0952. The molecule has 0 aromatic heterocycles. The Morgan fingerprint density at radius 2 is 1.94 bits per heavy atom. The van der Waals surface area contributed by atoms with Crippen molar-refractivity contribution in [3.63, 3.8) is 0 Å². The normalized spacial score (nSPS) is 10.7. The van der Waals surface area contributed by atoms with Crippen molar-refractivity contribution in [2.24, 2.45) is 0 Å². The molecule has 0 atom stereocenters. The Kier molecular flexibility index (Phi) is 5.03. The average Bonchev–Trinajstić information content (AvgIpc) is 2.28. The Morgan fingerprint density at radius 1 is 1.33 bits per heavy atom. The maximum Gasteiger partial charge on any atom is 0.253 e. The monoisotopic (exact) mass is 257 g/mol. The summed E-state index contributed by atoms with van der Waals surface area (Å²) in [7, 11) is 3.85. The first-order chi connectivity index (χ1) is 8.41. The van der Waals surface area contributed by atoms with E-state index >= 15 is 0 Å². The molecule has 0 aliphatic carbocycles. The minimum absolute atomic E-state index is 0.0428. The van der Waals surface area contributed by atoms with E-state index in [9.17, 15) is 13.6 Å². The average molecular weight is 257 g/mol. The van der Waals surface area contributed by atoms with Gasteiger partial charge < -0.3 is 16.0 Å². The minimum Gasteiger partial charge on any atom is -0.398 e. The molecule has 100 valence electrons. The summed E-state index contributed by atoms with van der Waals surface area (Å²) in [5, 5.41) is 2.61. The van der Waals surface area contributed by atoms with Crippen molar-refractivity contribution in [3.8, 4) is 0 Å². The number of nitrogens with two attached hydrogens (primary N) is 1. The third-order valence-corrected chi connectivity index (χ3v) is 2.40. The van der Waals surface area contributed by atoms with Gasteiger partial charge in [-0.3, -0.25) is 4.79 Å². The number of benzene rings is 1. The van der Waals surface area contributed by atoms with Crippen LogP contribution in [0.1, 0.15) is 16.8 Å². The van der Waals surface area contributed by atoms with Gasteiger partial charge >= 0.3 is 0 Å². The van der Waals surface area contributed by atoms with Gasteiger partial charge in [-0.2, -0.15) is 0 Å². The highest BCUT2D eigenvalue weighted by atomic mass is 19.2. The second-order valence-electron chi connectivity index (χ2n) is 4.27. The van der Waals surface area contributed by atoms with Crippen LogP contribution in [0.25, 0.3) is 0 Å². The molecule has 4 nitrogen and oxygen atoms in total. The third-order valence-electron chi connectivity index (χ3n) is 2.40. The first-order valence-electron chi connectivity index (χ1n) is 5.59. The van der Waals surface area contributed by atoms with Crippen LogP contribution in [-0.2, 0) is 0 Å². The Bertz CT molecular complexity index is 436. The molecule has 0 radical (unpaired) electrons. The van der Waals surface area contributed by atoms with Crippen LogP contribution in [0, 0.1) is 11.6 Å². The van der Waals surface area contributed by atoms with Crippen molar-refractivity contribution in [2.75, 3.05) is 32.9 Å². The molecule has 0 heterocycles. The SMILES string of the molecule is CN(C)CCCNC(=O)c1cc(F)c(F)cc1N. The lowest BCUT2D eigenvalue weighted by Gasteiger charge is -2.11. The number of nitrogens with zero attached hydrogens (tertiary/aromatic N) is 1. The van der Waals surface area contributed by atoms with Crippen molar-refractivity contribution in [1.29, 1.82) is 0 Å². The first kappa shape index (κ1) is 14.4. The van der Waals surface area contributed by atoms with Crippen LogP contribution in [0.15, 0.2) is 12.1 Å². The molecular weight excluding hydrogens is 240 g/mol. The van der Waals surface area contributed by atoms with Gasteiger partial charge in [-0.15, -0.1) is 0 Å². The van der Waals surface area contributed by atoms with Crippen LogP contribution >= 0.6 is 0 Å². The Labute approximate surface area is 105 Å². The summed E-state index contributed by atoms with van der Waals surface area (Å²) in [5.74, 6) is -2.63. The van der Waals surface area contributed by atoms with Crippen LogP contribution < -0.4 is 11.1 Å². The van der Waals surface area contributed by atoms with E-state index in [4.69, 9.17) is 5.73 Å². The molecule has 6 heteroatoms. The third kappa shape index (κ3) is 3.96. The Hall–Kier alpha value is -1.69. The summed E-state index contributed by atoms with van der Waals surface area (Å²) < 4.78 is 25.8. The predicted octanol–water partition coefficient (Wildman–Crippen LogP) is 1.23. The second-order valence-corrected chi connectivity index (χ2v) is 4.27. The number of nitrogen functional groups attached to an aromatic ring is 1. The predicted molar refractivity (Wildman–Crippen MR) is 66.3 cm³/mol. The quantitative estimate of drug-likeness (QED) is 0.616. The highest BCUT2D eigenvalue weighted by molar-refractivity contribution is 5.99. The summed E-state index contributed by atoms with van der Waals surface area (Å²) in [4.78, 5) is 13.7. The van der Waals surface area contributed by atoms with Crippen molar-refractivity contribution in [1.82, 2.24) is 10.2 Å². The number of anilines is 1. The van der Waals surface area contributed by atoms with Crippen LogP contribution in [0.2, 0.25) is 0 Å². The number of hydrogen-bond donors (Lipinski definition) is 2. The summed E-state index contributed by atoms with van der Waals surface area (Å²) in [6.45, 7) is 1.28. The smallest absolute Gasteiger partial charge is 0.253 e. The van der Waals surface area contributed by atoms with Crippen LogP contribution in [0.3, 0.4) is 0 Å². The van der Waals surface area contributed by atoms with E-state index in [0.717, 1.165) is 25.1 Å². The number of amides is 1. The molecule has 3 N–H and O–H groups in total. The molecule has 0 spiro atoms. The van der Waals surface area contributed by atoms with E-state index in [0.29, 0.717) is 6.54 Å². The summed E-state index contributed by atoms with van der Waals surface area (Å²) in [5.41, 5.74) is 5.35. The van der Waals surface area contributed by atoms with Gasteiger partial charge in [-0.25, -0.2) is 8.78 Å². The van der Waals surface area contributed by atoms with Crippen molar-refractivity contribution >= 4 is 11.6 Å². The molecule has 0 saturated heterocycles. The van der Waals surface area contributed by atoms with Gasteiger partial charge in [0.1, 0.15) is 0 Å². The fourth-order valence-electron chi connectivity index (χ4n) is 1.45. The number of hydrogen-bond acceptors (Lipinski definition) is 3. The first-order valence-corrected chi connectivity index (χ1v) is 5.59. The fraction of sp³-hybridized carbons (Fsp3) is 0.417. The van der Waals surface area contributed by atoms with Gasteiger partial charge in [-0.05, 0) is 33.1 Å². The minimum atomic E-state index is -1.08. The zero-order valence-electron chi connectivity index (χ0n) is 10.5. The van der Waals surface area contributed by atoms with E-state index < -0.39 is 17.5 Å². The van der Waals surface area contributed by atoms with Gasteiger partial charge in [0.05, 0.1) is 5.56 Å². The standard InChI is InChI=1S/C12H17F2N3O/c1-17(2)5-3-4-16-12(18)8-6-9(13)10(14)7-11(8)15/h6-7H,3-5,15H2,1-2H3,(H,16,18). The topological polar surface area (TPSA) is 58.4 Å². The lowest BCUT2D eigenvalue weighted by atomic mass is 10.1. The molecule has 1 aromatic carbocycles. The zero-order valence-corrected chi connectivity index (χ0v) is 10.5. The van der Waals surface area contributed by atoms with E-state index in [1.54, 1.807) is 0 Å². The summed E-state index contributed by atoms with van der Waals surface area (Å²) in [6, 6.07) is 1.62. The fourth-order valence-corrected chi connectivity index (χ4v) is 1.45. The molecule has 18 heavy (non-hydrogen) atoms. The molecule has 0 fully saturated rings. The number of halogens is 2. The maximum atomic E-state index is 13.0. The van der Waals surface area contributed by atoms with E-state index in [2.05, 4.69) is 5.32 Å². The summed E-state index contributed by atoms with van der Waals surface area (Å²) in [6.07, 6.45) is 0.766. The molecule has 1 rings (SSSR count). The molecule has 0 saturated carbocycles. The molecule has 0 unspecified atom stereocenters. The van der Waals surface area contributed by atoms with Crippen molar-refractivity contribution < 1.29 is 13.6 Å². The summed E-state index contributed by atoms with van der Waals surface area (Å²) >= 11 is 0. The number of nitrogens with one attached hydrogen (secondary N) is 1. The van der Waals surface area contributed by atoms with Crippen molar-refractivity contribution in [2.45, 2.75) is 6.42 Å². The highest BCUT2D eigenvalue weighted by Crippen LogP contribution is 2.16. The second kappa shape index (κ2) is 6.30. The molecular formula is C12H17F2N3O. The van der Waals surface area contributed by atoms with Gasteiger partial charge in [0, 0.05) is 18.3 Å². The van der Waals surface area contributed by atoms with Gasteiger partial charge in [0.2, 0.25) is 0 Å². The van der Waals surface area contributed by atoms with Gasteiger partial charge in [-0.1, -0.05) is 0 Å². The zero-order chi connectivity index (χ0) is 13.7. The van der Waals surface area contributed by atoms with Gasteiger partial charge in [0.15, 0.2) is 11.6 Å². The highest BCUT2D eigenvalue weighted by Gasteiger charge is 2.13. The van der Waals surface area contributed by atoms with Crippen LogP contribution in [0.5, 0.6) is 0 Å². The number of carbonyl (C=O) groups excluding carboxylic acids is 1. The van der Waals surface area contributed by atoms with Crippen LogP contribution in [-0.4, -0.2) is 38.0 Å². The van der Waals surface area contributed by atoms with Gasteiger partial charge in [0.25, 0.3) is 5.91 Å². The lowest BCUT2D eigenvalue weighted by Crippen LogP contribution is -2.28. The number of rotatable bonds is 5. The molecule has 0 aliphatic rings. The Balaban J connectivity index is 2.59. The maximum absolute atomic E-state index is 13.0. The molecule has 1 amide bonds. The van der Waals surface area contributed by atoms with E-state index in [1.165, 1.54) is 0 Å². The molecule has 1 aromatic rings. The Morgan fingerprint density at radius 3 is 2.56 bits per heavy atom. The van der Waals surface area contributed by atoms with E-state index in [1.807, 2.05) is 19.0 Å².